The quantitative estimate of drug-likeness (QED) is 0.789. The Kier molecular flexibility index (Phi) is 5.79. The van der Waals surface area contributed by atoms with Crippen LogP contribution in [0.3, 0.4) is 0 Å². The molecule has 1 amide bonds. The van der Waals surface area contributed by atoms with Crippen LogP contribution in [-0.2, 0) is 14.8 Å². The van der Waals surface area contributed by atoms with Crippen molar-refractivity contribution in [2.75, 3.05) is 25.2 Å². The van der Waals surface area contributed by atoms with Crippen LogP contribution in [0.15, 0.2) is 38.9 Å². The molecule has 0 atom stereocenters. The van der Waals surface area contributed by atoms with Gasteiger partial charge in [-0.15, -0.1) is 11.3 Å². The summed E-state index contributed by atoms with van der Waals surface area (Å²) < 4.78 is 25.9. The number of hydrogen-bond acceptors (Lipinski definition) is 6. The number of aryl methyl sites for hydroxylation is 1. The maximum absolute atomic E-state index is 12.0. The van der Waals surface area contributed by atoms with Crippen LogP contribution in [0.2, 0.25) is 0 Å². The number of sulfonamides is 1. The smallest absolute Gasteiger partial charge is 0.242 e. The molecule has 0 unspecified atom stereocenters. The maximum Gasteiger partial charge on any atom is 0.242 e. The second-order valence-corrected chi connectivity index (χ2v) is 9.14. The highest BCUT2D eigenvalue weighted by Gasteiger charge is 2.16. The molecular formula is C14H17N3O3S3. The molecule has 0 aliphatic carbocycles. The number of rotatable bonds is 6. The molecule has 0 fully saturated rings. The molecule has 2 aromatic rings. The third kappa shape index (κ3) is 4.77. The van der Waals surface area contributed by atoms with Crippen LogP contribution in [-0.4, -0.2) is 43.5 Å². The van der Waals surface area contributed by atoms with Crippen molar-refractivity contribution in [3.63, 3.8) is 0 Å². The van der Waals surface area contributed by atoms with E-state index in [1.807, 2.05) is 12.3 Å². The van der Waals surface area contributed by atoms with Gasteiger partial charge in [-0.1, -0.05) is 11.8 Å². The molecule has 0 saturated heterocycles. The van der Waals surface area contributed by atoms with E-state index < -0.39 is 10.0 Å². The van der Waals surface area contributed by atoms with Gasteiger partial charge in [0, 0.05) is 30.9 Å². The molecule has 1 N–H and O–H groups in total. The number of anilines is 1. The Morgan fingerprint density at radius 2 is 1.96 bits per heavy atom. The summed E-state index contributed by atoms with van der Waals surface area (Å²) in [6, 6.07) is 6.10. The van der Waals surface area contributed by atoms with Crippen LogP contribution in [0, 0.1) is 6.92 Å². The lowest BCUT2D eigenvalue weighted by atomic mass is 10.3. The Morgan fingerprint density at radius 1 is 1.30 bits per heavy atom. The first-order valence-electron chi connectivity index (χ1n) is 6.66. The lowest BCUT2D eigenvalue weighted by molar-refractivity contribution is -0.113. The van der Waals surface area contributed by atoms with Gasteiger partial charge in [-0.3, -0.25) is 4.79 Å². The van der Waals surface area contributed by atoms with Gasteiger partial charge < -0.3 is 5.32 Å². The van der Waals surface area contributed by atoms with Gasteiger partial charge in [-0.25, -0.2) is 17.7 Å². The Bertz CT molecular complexity index is 783. The monoisotopic (exact) mass is 371 g/mol. The van der Waals surface area contributed by atoms with Gasteiger partial charge >= 0.3 is 0 Å². The number of hydrogen-bond donors (Lipinski definition) is 1. The predicted molar refractivity (Wildman–Crippen MR) is 93.5 cm³/mol. The molecule has 0 radical (unpaired) electrons. The SMILES string of the molecule is Cc1csc(SCC(=O)Nc2ccc(S(=O)(=O)N(C)C)cc2)n1. The molecule has 23 heavy (non-hydrogen) atoms. The Balaban J connectivity index is 1.94. The standard InChI is InChI=1S/C14H17N3O3S3/c1-10-8-21-14(15-10)22-9-13(18)16-11-4-6-12(7-5-11)23(19,20)17(2)3/h4-8H,9H2,1-3H3,(H,16,18). The van der Waals surface area contributed by atoms with Crippen LogP contribution in [0.25, 0.3) is 0 Å². The fourth-order valence-corrected chi connectivity index (χ4v) is 4.20. The second-order valence-electron chi connectivity index (χ2n) is 4.90. The Labute approximate surface area is 144 Å². The molecule has 9 heteroatoms. The van der Waals surface area contributed by atoms with Crippen molar-refractivity contribution >= 4 is 44.7 Å². The number of aromatic nitrogens is 1. The average molecular weight is 372 g/mol. The van der Waals surface area contributed by atoms with Gasteiger partial charge in [0.15, 0.2) is 4.34 Å². The summed E-state index contributed by atoms with van der Waals surface area (Å²) in [5.41, 5.74) is 1.50. The highest BCUT2D eigenvalue weighted by Crippen LogP contribution is 2.22. The van der Waals surface area contributed by atoms with Crippen molar-refractivity contribution in [3.8, 4) is 0 Å². The van der Waals surface area contributed by atoms with E-state index in [4.69, 9.17) is 0 Å². The summed E-state index contributed by atoms with van der Waals surface area (Å²) in [6.45, 7) is 1.91. The van der Waals surface area contributed by atoms with E-state index in [0.29, 0.717) is 5.69 Å². The molecule has 0 bridgehead atoms. The third-order valence-electron chi connectivity index (χ3n) is 2.84. The summed E-state index contributed by atoms with van der Waals surface area (Å²) >= 11 is 2.88. The summed E-state index contributed by atoms with van der Waals surface area (Å²) in [6.07, 6.45) is 0. The zero-order chi connectivity index (χ0) is 17.0. The summed E-state index contributed by atoms with van der Waals surface area (Å²) in [5.74, 6) is 0.0936. The van der Waals surface area contributed by atoms with Crippen LogP contribution < -0.4 is 5.32 Å². The van der Waals surface area contributed by atoms with Crippen molar-refractivity contribution in [3.05, 3.63) is 35.3 Å². The molecule has 2 rings (SSSR count). The number of carbonyl (C=O) groups is 1. The number of amides is 1. The van der Waals surface area contributed by atoms with Crippen LogP contribution >= 0.6 is 23.1 Å². The van der Waals surface area contributed by atoms with E-state index in [-0.39, 0.29) is 16.6 Å². The van der Waals surface area contributed by atoms with Crippen LogP contribution in [0.1, 0.15) is 5.69 Å². The molecular weight excluding hydrogens is 354 g/mol. The molecule has 0 saturated carbocycles. The van der Waals surface area contributed by atoms with Crippen molar-refractivity contribution in [1.29, 1.82) is 0 Å². The average Bonchev–Trinajstić information content (AvgIpc) is 2.91. The van der Waals surface area contributed by atoms with E-state index >= 15 is 0 Å². The van der Waals surface area contributed by atoms with Crippen molar-refractivity contribution in [2.45, 2.75) is 16.2 Å². The topological polar surface area (TPSA) is 79.4 Å². The van der Waals surface area contributed by atoms with Gasteiger partial charge in [0.1, 0.15) is 0 Å². The number of nitrogens with one attached hydrogen (secondary N) is 1. The third-order valence-corrected chi connectivity index (χ3v) is 6.81. The zero-order valence-electron chi connectivity index (χ0n) is 12.9. The molecule has 0 aliphatic heterocycles. The first kappa shape index (κ1) is 17.9. The molecule has 1 aromatic carbocycles. The van der Waals surface area contributed by atoms with Gasteiger partial charge in [-0.05, 0) is 31.2 Å². The van der Waals surface area contributed by atoms with Crippen molar-refractivity contribution in [2.24, 2.45) is 0 Å². The fourth-order valence-electron chi connectivity index (χ4n) is 1.64. The van der Waals surface area contributed by atoms with E-state index in [0.717, 1.165) is 14.3 Å². The zero-order valence-corrected chi connectivity index (χ0v) is 15.4. The van der Waals surface area contributed by atoms with E-state index in [1.165, 1.54) is 49.3 Å². The Hall–Kier alpha value is -1.42. The number of thioether (sulfide) groups is 1. The van der Waals surface area contributed by atoms with E-state index in [1.54, 1.807) is 12.1 Å². The van der Waals surface area contributed by atoms with Crippen molar-refractivity contribution < 1.29 is 13.2 Å². The van der Waals surface area contributed by atoms with Gasteiger partial charge in [0.2, 0.25) is 15.9 Å². The largest absolute Gasteiger partial charge is 0.325 e. The minimum atomic E-state index is -3.46. The fraction of sp³-hybridized carbons (Fsp3) is 0.286. The summed E-state index contributed by atoms with van der Waals surface area (Å²) in [7, 11) is -0.507. The minimum Gasteiger partial charge on any atom is -0.325 e. The first-order chi connectivity index (χ1) is 10.8. The van der Waals surface area contributed by atoms with E-state index in [2.05, 4.69) is 10.3 Å². The van der Waals surface area contributed by atoms with Gasteiger partial charge in [-0.2, -0.15) is 0 Å². The maximum atomic E-state index is 12.0. The second kappa shape index (κ2) is 7.43. The number of thiazole rings is 1. The highest BCUT2D eigenvalue weighted by molar-refractivity contribution is 8.01. The van der Waals surface area contributed by atoms with Gasteiger partial charge in [0.25, 0.3) is 0 Å². The summed E-state index contributed by atoms with van der Waals surface area (Å²) in [5, 5.41) is 4.67. The molecule has 0 aliphatic rings. The minimum absolute atomic E-state index is 0.161. The molecule has 1 heterocycles. The van der Waals surface area contributed by atoms with Crippen LogP contribution in [0.5, 0.6) is 0 Å². The number of benzene rings is 1. The molecule has 0 spiro atoms. The highest BCUT2D eigenvalue weighted by atomic mass is 32.2. The van der Waals surface area contributed by atoms with Gasteiger partial charge in [0.05, 0.1) is 10.6 Å². The number of carbonyl (C=O) groups excluding carboxylic acids is 1. The number of nitrogens with zero attached hydrogens (tertiary/aromatic N) is 2. The lowest BCUT2D eigenvalue weighted by Crippen LogP contribution is -2.22. The Morgan fingerprint density at radius 3 is 2.48 bits per heavy atom. The molecule has 6 nitrogen and oxygen atoms in total. The predicted octanol–water partition coefficient (Wildman–Crippen LogP) is 2.43. The van der Waals surface area contributed by atoms with Crippen LogP contribution in [0.4, 0.5) is 5.69 Å². The van der Waals surface area contributed by atoms with E-state index in [9.17, 15) is 13.2 Å². The first-order valence-corrected chi connectivity index (χ1v) is 9.97. The molecule has 1 aromatic heterocycles. The lowest BCUT2D eigenvalue weighted by Gasteiger charge is -2.11. The molecule has 124 valence electrons. The normalized spacial score (nSPS) is 11.7. The summed E-state index contributed by atoms with van der Waals surface area (Å²) in [4.78, 5) is 16.4. The van der Waals surface area contributed by atoms with Crippen molar-refractivity contribution in [1.82, 2.24) is 9.29 Å².